The Balaban J connectivity index is 1.94. The third-order valence-corrected chi connectivity index (χ3v) is 6.24. The van der Waals surface area contributed by atoms with Crippen LogP contribution in [0.3, 0.4) is 0 Å². The fraction of sp³-hybridized carbons (Fsp3) is 0.273. The normalized spacial score (nSPS) is 11.8. The third kappa shape index (κ3) is 5.26. The Bertz CT molecular complexity index is 1190. The number of ether oxygens (including phenoxy) is 1. The van der Waals surface area contributed by atoms with Gasteiger partial charge < -0.3 is 4.74 Å². The molecule has 0 aliphatic heterocycles. The van der Waals surface area contributed by atoms with Crippen LogP contribution in [0.4, 0.5) is 5.69 Å². The zero-order valence-corrected chi connectivity index (χ0v) is 19.6. The lowest BCUT2D eigenvalue weighted by molar-refractivity contribution is -0.889. The lowest BCUT2D eigenvalue weighted by Gasteiger charge is -2.19. The molecule has 0 aliphatic carbocycles. The molecule has 31 heavy (non-hydrogen) atoms. The van der Waals surface area contributed by atoms with E-state index in [4.69, 9.17) is 21.2 Å². The van der Waals surface area contributed by atoms with E-state index in [1.54, 1.807) is 49.5 Å². The average Bonchev–Trinajstić information content (AvgIpc) is 2.70. The van der Waals surface area contributed by atoms with Crippen LogP contribution >= 0.6 is 11.6 Å². The predicted octanol–water partition coefficient (Wildman–Crippen LogP) is 4.28. The highest BCUT2D eigenvalue weighted by Crippen LogP contribution is 2.32. The Morgan fingerprint density at radius 3 is 2.42 bits per heavy atom. The van der Waals surface area contributed by atoms with E-state index in [1.165, 1.54) is 24.1 Å². The second kappa shape index (κ2) is 8.72. The number of anilines is 1. The number of hydrogen-bond donors (Lipinski definition) is 1. The molecule has 0 unspecified atom stereocenters. The number of aromatic nitrogens is 2. The summed E-state index contributed by atoms with van der Waals surface area (Å²) in [6.45, 7) is 7.99. The van der Waals surface area contributed by atoms with Gasteiger partial charge in [-0.2, -0.15) is 0 Å². The molecule has 3 aromatic rings. The largest absolute Gasteiger partial charge is 0.430 e. The maximum absolute atomic E-state index is 13.0. The van der Waals surface area contributed by atoms with Gasteiger partial charge >= 0.3 is 0 Å². The molecule has 1 N–H and O–H groups in total. The molecule has 0 fully saturated rings. The summed E-state index contributed by atoms with van der Waals surface area (Å²) in [5.74, 6) is 0.519. The summed E-state index contributed by atoms with van der Waals surface area (Å²) < 4.78 is 35.9. The van der Waals surface area contributed by atoms with Crippen molar-refractivity contribution in [2.45, 2.75) is 38.0 Å². The molecule has 0 amide bonds. The van der Waals surface area contributed by atoms with Crippen molar-refractivity contribution in [1.29, 1.82) is 0 Å². The summed E-state index contributed by atoms with van der Waals surface area (Å²) in [5, 5.41) is 0.268. The summed E-state index contributed by atoms with van der Waals surface area (Å²) in [4.78, 5) is 9.52. The molecule has 1 aromatic carbocycles. The Kier molecular flexibility index (Phi) is 6.43. The molecule has 7 nitrogen and oxygen atoms in total. The first-order valence-electron chi connectivity index (χ1n) is 9.54. The van der Waals surface area contributed by atoms with E-state index in [0.717, 1.165) is 5.56 Å². The molecule has 0 bridgehead atoms. The van der Waals surface area contributed by atoms with Gasteiger partial charge in [-0.3, -0.25) is 9.56 Å². The summed E-state index contributed by atoms with van der Waals surface area (Å²) in [6, 6.07) is 11.7. The summed E-state index contributed by atoms with van der Waals surface area (Å²) in [7, 11) is -2.36. The monoisotopic (exact) mass is 462 g/mol. The van der Waals surface area contributed by atoms with Gasteiger partial charge in [0.2, 0.25) is 17.8 Å². The quantitative estimate of drug-likeness (QED) is 0.553. The van der Waals surface area contributed by atoms with Gasteiger partial charge in [0, 0.05) is 23.9 Å². The Morgan fingerprint density at radius 1 is 1.13 bits per heavy atom. The lowest BCUT2D eigenvalue weighted by Crippen LogP contribution is -2.43. The lowest BCUT2D eigenvalue weighted by atomic mass is 9.87. The molecule has 0 saturated carbocycles. The topological polar surface area (TPSA) is 81.4 Å². The Hall–Kier alpha value is -2.84. The summed E-state index contributed by atoms with van der Waals surface area (Å²) in [6.07, 6.45) is 3.11. The summed E-state index contributed by atoms with van der Waals surface area (Å²) >= 11 is 6.07. The molecule has 0 radical (unpaired) electrons. The average molecular weight is 463 g/mol. The maximum atomic E-state index is 13.0. The Morgan fingerprint density at radius 2 is 1.81 bits per heavy atom. The molecule has 2 heterocycles. The number of benzene rings is 1. The molecule has 0 atom stereocenters. The van der Waals surface area contributed by atoms with Gasteiger partial charge in [0.1, 0.15) is 12.8 Å². The van der Waals surface area contributed by atoms with E-state index in [0.29, 0.717) is 11.4 Å². The van der Waals surface area contributed by atoms with Crippen LogP contribution in [0.25, 0.3) is 0 Å². The van der Waals surface area contributed by atoms with Crippen LogP contribution in [-0.2, 0) is 15.4 Å². The highest BCUT2D eigenvalue weighted by atomic mass is 35.5. The molecular weight excluding hydrogens is 438 g/mol. The van der Waals surface area contributed by atoms with Crippen molar-refractivity contribution in [2.75, 3.05) is 11.8 Å². The number of hydrogen-bond acceptors (Lipinski definition) is 5. The number of rotatable bonds is 6. The minimum absolute atomic E-state index is 0.0660. The predicted molar refractivity (Wildman–Crippen MR) is 119 cm³/mol. The number of sulfonamides is 1. The van der Waals surface area contributed by atoms with Crippen LogP contribution in [0.5, 0.6) is 11.6 Å². The van der Waals surface area contributed by atoms with Gasteiger partial charge in [-0.1, -0.05) is 44.5 Å². The van der Waals surface area contributed by atoms with Crippen molar-refractivity contribution in [3.05, 3.63) is 71.1 Å². The van der Waals surface area contributed by atoms with Crippen molar-refractivity contribution in [3.63, 3.8) is 0 Å². The van der Waals surface area contributed by atoms with Crippen molar-refractivity contribution in [2.24, 2.45) is 0 Å². The van der Waals surface area contributed by atoms with E-state index >= 15 is 0 Å². The first kappa shape index (κ1) is 22.8. The van der Waals surface area contributed by atoms with Crippen LogP contribution in [-0.4, -0.2) is 20.5 Å². The maximum Gasteiger partial charge on any atom is 0.273 e. The zero-order valence-electron chi connectivity index (χ0n) is 18.0. The van der Waals surface area contributed by atoms with E-state index in [2.05, 4.69) is 30.5 Å². The van der Waals surface area contributed by atoms with E-state index in [9.17, 15) is 8.42 Å². The van der Waals surface area contributed by atoms with Gasteiger partial charge in [-0.25, -0.2) is 13.4 Å². The van der Waals surface area contributed by atoms with E-state index in [-0.39, 0.29) is 26.9 Å². The molecule has 3 rings (SSSR count). The first-order valence-corrected chi connectivity index (χ1v) is 11.4. The molecule has 2 aromatic heterocycles. The molecule has 0 saturated heterocycles. The Labute approximate surface area is 187 Å². The van der Waals surface area contributed by atoms with Crippen LogP contribution in [0.2, 0.25) is 5.02 Å². The fourth-order valence-electron chi connectivity index (χ4n) is 2.88. The smallest absolute Gasteiger partial charge is 0.273 e. The fourth-order valence-corrected chi connectivity index (χ4v) is 4.08. The standard InChI is InChI=1S/C22H25ClN3O4S/c1-15-20(7-6-12-26(15)29-5)30-21-19(13-17(23)14-24-21)25-31(27,28)18-10-8-16(9-11-18)22(2,3)4/h6-14,25H,1-5H3/q+1. The molecule has 0 aliphatic rings. The van der Waals surface area contributed by atoms with Gasteiger partial charge in [-0.15, -0.1) is 0 Å². The molecule has 0 spiro atoms. The number of pyridine rings is 2. The second-order valence-corrected chi connectivity index (χ2v) is 10.1. The second-order valence-electron chi connectivity index (χ2n) is 7.95. The van der Waals surface area contributed by atoms with Crippen LogP contribution in [0.1, 0.15) is 32.0 Å². The van der Waals surface area contributed by atoms with Gasteiger partial charge in [0.15, 0.2) is 0 Å². The SMILES string of the molecule is CO[n+]1cccc(Oc2ncc(Cl)cc2NS(=O)(=O)c2ccc(C(C)(C)C)cc2)c1C. The number of nitrogens with one attached hydrogen (secondary N) is 1. The highest BCUT2D eigenvalue weighted by Gasteiger charge is 2.22. The zero-order chi connectivity index (χ0) is 22.8. The van der Waals surface area contributed by atoms with Gasteiger partial charge in [0.05, 0.1) is 9.92 Å². The highest BCUT2D eigenvalue weighted by molar-refractivity contribution is 7.92. The van der Waals surface area contributed by atoms with E-state index in [1.807, 2.05) is 0 Å². The first-order chi connectivity index (χ1) is 14.5. The van der Waals surface area contributed by atoms with Crippen LogP contribution in [0, 0.1) is 6.92 Å². The van der Waals surface area contributed by atoms with Crippen molar-refractivity contribution >= 4 is 27.3 Å². The summed E-state index contributed by atoms with van der Waals surface area (Å²) in [5.41, 5.74) is 1.75. The van der Waals surface area contributed by atoms with Crippen molar-refractivity contribution in [3.8, 4) is 11.6 Å². The van der Waals surface area contributed by atoms with Crippen LogP contribution in [0.15, 0.2) is 59.8 Å². The van der Waals surface area contributed by atoms with E-state index < -0.39 is 10.0 Å². The van der Waals surface area contributed by atoms with Crippen molar-refractivity contribution in [1.82, 2.24) is 4.98 Å². The van der Waals surface area contributed by atoms with Gasteiger partial charge in [-0.05, 0) is 35.2 Å². The van der Waals surface area contributed by atoms with Crippen LogP contribution < -0.4 is 19.0 Å². The third-order valence-electron chi connectivity index (χ3n) is 4.65. The number of nitrogens with zero attached hydrogens (tertiary/aromatic N) is 2. The van der Waals surface area contributed by atoms with Crippen molar-refractivity contribution < 1.29 is 22.7 Å². The minimum Gasteiger partial charge on any atom is -0.430 e. The minimum atomic E-state index is -3.89. The number of halogens is 1. The molecular formula is C22H25ClN3O4S+. The van der Waals surface area contributed by atoms with Gasteiger partial charge in [0.25, 0.3) is 15.7 Å². The molecule has 164 valence electrons. The molecule has 9 heteroatoms.